The fourth-order valence-electron chi connectivity index (χ4n) is 1.65. The zero-order valence-electron chi connectivity index (χ0n) is 9.64. The van der Waals surface area contributed by atoms with Gasteiger partial charge in [-0.1, -0.05) is 6.07 Å². The van der Waals surface area contributed by atoms with Crippen LogP contribution in [0, 0.1) is 5.82 Å². The summed E-state index contributed by atoms with van der Waals surface area (Å²) in [4.78, 5) is 10.9. The van der Waals surface area contributed by atoms with Crippen LogP contribution < -0.4 is 11.5 Å². The molecule has 4 N–H and O–H groups in total. The lowest BCUT2D eigenvalue weighted by atomic mass is 10.1. The molecular formula is C12H13FN4O. The molecule has 5 nitrogen and oxygen atoms in total. The molecule has 0 aliphatic heterocycles. The zero-order chi connectivity index (χ0) is 13.1. The molecule has 0 aliphatic rings. The second kappa shape index (κ2) is 4.97. The standard InChI is InChI=1S/C12H13FN4O/c13-11-2-1-8(3-9(11)4-14)6-17-7-10(5-16-17)12(15)18/h1-3,5,7H,4,6,14H2,(H2,15,18). The van der Waals surface area contributed by atoms with Crippen molar-refractivity contribution in [1.82, 2.24) is 9.78 Å². The van der Waals surface area contributed by atoms with Crippen LogP contribution >= 0.6 is 0 Å². The Morgan fingerprint density at radius 2 is 2.22 bits per heavy atom. The van der Waals surface area contributed by atoms with Crippen molar-refractivity contribution in [2.75, 3.05) is 0 Å². The number of hydrogen-bond acceptors (Lipinski definition) is 3. The summed E-state index contributed by atoms with van der Waals surface area (Å²) in [6.07, 6.45) is 2.95. The Labute approximate surface area is 103 Å². The van der Waals surface area contributed by atoms with E-state index in [1.165, 1.54) is 12.3 Å². The van der Waals surface area contributed by atoms with Crippen LogP contribution in [0.1, 0.15) is 21.5 Å². The largest absolute Gasteiger partial charge is 0.366 e. The van der Waals surface area contributed by atoms with Crippen molar-refractivity contribution >= 4 is 5.91 Å². The second-order valence-corrected chi connectivity index (χ2v) is 3.92. The fourth-order valence-corrected chi connectivity index (χ4v) is 1.65. The molecule has 0 spiro atoms. The Hall–Kier alpha value is -2.21. The molecule has 2 aromatic rings. The van der Waals surface area contributed by atoms with Gasteiger partial charge in [-0.05, 0) is 17.7 Å². The summed E-state index contributed by atoms with van der Waals surface area (Å²) in [6, 6.07) is 4.71. The van der Waals surface area contributed by atoms with Crippen LogP contribution in [0.3, 0.4) is 0 Å². The summed E-state index contributed by atoms with van der Waals surface area (Å²) >= 11 is 0. The third kappa shape index (κ3) is 2.54. The van der Waals surface area contributed by atoms with E-state index in [1.807, 2.05) is 0 Å². The SMILES string of the molecule is NCc1cc(Cn2cc(C(N)=O)cn2)ccc1F. The van der Waals surface area contributed by atoms with E-state index in [2.05, 4.69) is 5.10 Å². The third-order valence-electron chi connectivity index (χ3n) is 2.59. The molecule has 0 fully saturated rings. The van der Waals surface area contributed by atoms with E-state index in [-0.39, 0.29) is 12.4 Å². The molecule has 0 saturated carbocycles. The minimum absolute atomic E-state index is 0.144. The molecule has 18 heavy (non-hydrogen) atoms. The van der Waals surface area contributed by atoms with Gasteiger partial charge in [0.05, 0.1) is 18.3 Å². The maximum Gasteiger partial charge on any atom is 0.251 e. The van der Waals surface area contributed by atoms with E-state index in [9.17, 15) is 9.18 Å². The van der Waals surface area contributed by atoms with Gasteiger partial charge in [0.2, 0.25) is 0 Å². The van der Waals surface area contributed by atoms with Crippen LogP contribution in [0.15, 0.2) is 30.6 Å². The normalized spacial score (nSPS) is 10.6. The summed E-state index contributed by atoms with van der Waals surface area (Å²) in [5.41, 5.74) is 12.2. The second-order valence-electron chi connectivity index (χ2n) is 3.92. The summed E-state index contributed by atoms with van der Waals surface area (Å²) in [5, 5.41) is 4.00. The number of rotatable bonds is 4. The van der Waals surface area contributed by atoms with Gasteiger partial charge in [-0.2, -0.15) is 5.10 Å². The van der Waals surface area contributed by atoms with Gasteiger partial charge in [-0.15, -0.1) is 0 Å². The lowest BCUT2D eigenvalue weighted by Gasteiger charge is -2.05. The highest BCUT2D eigenvalue weighted by molar-refractivity contribution is 5.92. The first kappa shape index (κ1) is 12.3. The predicted octanol–water partition coefficient (Wildman–Crippen LogP) is 0.628. The van der Waals surface area contributed by atoms with E-state index in [4.69, 9.17) is 11.5 Å². The summed E-state index contributed by atoms with van der Waals surface area (Å²) < 4.78 is 14.8. The van der Waals surface area contributed by atoms with Gasteiger partial charge < -0.3 is 11.5 Å². The van der Waals surface area contributed by atoms with Crippen molar-refractivity contribution in [3.05, 3.63) is 53.1 Å². The van der Waals surface area contributed by atoms with Gasteiger partial charge in [0.1, 0.15) is 5.82 Å². The van der Waals surface area contributed by atoms with Crippen LogP contribution in [0.5, 0.6) is 0 Å². The molecule has 1 aromatic carbocycles. The average molecular weight is 248 g/mol. The van der Waals surface area contributed by atoms with Gasteiger partial charge in [0.25, 0.3) is 5.91 Å². The van der Waals surface area contributed by atoms with E-state index < -0.39 is 5.91 Å². The van der Waals surface area contributed by atoms with Crippen LogP contribution in [0.4, 0.5) is 4.39 Å². The summed E-state index contributed by atoms with van der Waals surface area (Å²) in [5.74, 6) is -0.845. The highest BCUT2D eigenvalue weighted by Crippen LogP contribution is 2.11. The van der Waals surface area contributed by atoms with Crippen LogP contribution in [0.2, 0.25) is 0 Å². The van der Waals surface area contributed by atoms with Crippen LogP contribution in [0.25, 0.3) is 0 Å². The predicted molar refractivity (Wildman–Crippen MR) is 64.1 cm³/mol. The van der Waals surface area contributed by atoms with Crippen LogP contribution in [-0.4, -0.2) is 15.7 Å². The molecule has 0 atom stereocenters. The average Bonchev–Trinajstić information content (AvgIpc) is 2.80. The molecule has 0 saturated heterocycles. The number of halogens is 1. The van der Waals surface area contributed by atoms with E-state index >= 15 is 0 Å². The third-order valence-corrected chi connectivity index (χ3v) is 2.59. The molecule has 0 aliphatic carbocycles. The number of nitrogens with two attached hydrogens (primary N) is 2. The Balaban J connectivity index is 2.20. The van der Waals surface area contributed by atoms with E-state index in [0.29, 0.717) is 17.7 Å². The first-order chi connectivity index (χ1) is 8.60. The zero-order valence-corrected chi connectivity index (χ0v) is 9.64. The van der Waals surface area contributed by atoms with Crippen molar-refractivity contribution in [2.24, 2.45) is 11.5 Å². The van der Waals surface area contributed by atoms with Crippen molar-refractivity contribution in [1.29, 1.82) is 0 Å². The molecular weight excluding hydrogens is 235 g/mol. The Morgan fingerprint density at radius 1 is 1.44 bits per heavy atom. The minimum Gasteiger partial charge on any atom is -0.366 e. The number of amides is 1. The molecule has 0 unspecified atom stereocenters. The molecule has 6 heteroatoms. The number of aromatic nitrogens is 2. The van der Waals surface area contributed by atoms with Crippen molar-refractivity contribution in [3.8, 4) is 0 Å². The lowest BCUT2D eigenvalue weighted by Crippen LogP contribution is -2.09. The highest BCUT2D eigenvalue weighted by atomic mass is 19.1. The first-order valence-electron chi connectivity index (χ1n) is 5.40. The van der Waals surface area contributed by atoms with Gasteiger partial charge in [-0.25, -0.2) is 4.39 Å². The number of hydrogen-bond donors (Lipinski definition) is 2. The summed E-state index contributed by atoms with van der Waals surface area (Å²) in [7, 11) is 0. The van der Waals surface area contributed by atoms with Crippen LogP contribution in [-0.2, 0) is 13.1 Å². The van der Waals surface area contributed by atoms with Gasteiger partial charge in [0.15, 0.2) is 0 Å². The summed E-state index contributed by atoms with van der Waals surface area (Å²) in [6.45, 7) is 0.575. The molecule has 0 bridgehead atoms. The number of primary amides is 1. The van der Waals surface area contributed by atoms with Gasteiger partial charge in [0, 0.05) is 18.3 Å². The van der Waals surface area contributed by atoms with Gasteiger partial charge >= 0.3 is 0 Å². The quantitative estimate of drug-likeness (QED) is 0.831. The number of carbonyl (C=O) groups is 1. The molecule has 2 rings (SSSR count). The number of nitrogens with zero attached hydrogens (tertiary/aromatic N) is 2. The maximum absolute atomic E-state index is 13.3. The van der Waals surface area contributed by atoms with E-state index in [1.54, 1.807) is 23.0 Å². The minimum atomic E-state index is -0.525. The molecule has 1 heterocycles. The van der Waals surface area contributed by atoms with Crippen molar-refractivity contribution < 1.29 is 9.18 Å². The highest BCUT2D eigenvalue weighted by Gasteiger charge is 2.06. The molecule has 94 valence electrons. The topological polar surface area (TPSA) is 86.9 Å². The van der Waals surface area contributed by atoms with E-state index in [0.717, 1.165) is 5.56 Å². The molecule has 1 aromatic heterocycles. The molecule has 0 radical (unpaired) electrons. The first-order valence-corrected chi connectivity index (χ1v) is 5.40. The number of benzene rings is 1. The number of carbonyl (C=O) groups excluding carboxylic acids is 1. The smallest absolute Gasteiger partial charge is 0.251 e. The lowest BCUT2D eigenvalue weighted by molar-refractivity contribution is 0.1000. The Bertz CT molecular complexity index is 579. The Morgan fingerprint density at radius 3 is 2.83 bits per heavy atom. The molecule has 1 amide bonds. The van der Waals surface area contributed by atoms with Crippen molar-refractivity contribution in [3.63, 3.8) is 0 Å². The maximum atomic E-state index is 13.3. The monoisotopic (exact) mass is 248 g/mol. The van der Waals surface area contributed by atoms with Crippen molar-refractivity contribution in [2.45, 2.75) is 13.1 Å². The van der Waals surface area contributed by atoms with Gasteiger partial charge in [-0.3, -0.25) is 9.48 Å². The Kier molecular flexibility index (Phi) is 3.38. The fraction of sp³-hybridized carbons (Fsp3) is 0.167.